The van der Waals surface area contributed by atoms with Crippen molar-refractivity contribution in [2.45, 2.75) is 142 Å². The Kier molecular flexibility index (Phi) is 26.1. The Balaban J connectivity index is 0.000000229. The van der Waals surface area contributed by atoms with Crippen molar-refractivity contribution in [1.82, 2.24) is 19.6 Å². The van der Waals surface area contributed by atoms with Gasteiger partial charge in [-0.25, -0.2) is 9.59 Å². The average molecular weight is 1500 g/mol. The number of halogens is 8. The predicted octanol–water partition coefficient (Wildman–Crippen LogP) is 20.1. The Morgan fingerprint density at radius 1 is 0.500 bits per heavy atom. The molecule has 2 heterocycles. The van der Waals surface area contributed by atoms with E-state index in [2.05, 4.69) is 10.0 Å². The molecule has 0 radical (unpaired) electrons. The van der Waals surface area contributed by atoms with Crippen molar-refractivity contribution in [3.05, 3.63) is 205 Å². The third kappa shape index (κ3) is 19.8. The Hall–Kier alpha value is -6.89. The fourth-order valence-electron chi connectivity index (χ4n) is 11.6. The van der Waals surface area contributed by atoms with Gasteiger partial charge in [-0.15, -0.1) is 0 Å². The number of hydrogen-bond acceptors (Lipinski definition) is 11. The molecule has 2 atom stereocenters. The lowest BCUT2D eigenvalue weighted by atomic mass is 9.86. The predicted molar refractivity (Wildman–Crippen MR) is 389 cm³/mol. The highest BCUT2D eigenvalue weighted by atomic mass is 35.5. The number of para-hydroxylation sites is 2. The van der Waals surface area contributed by atoms with E-state index in [4.69, 9.17) is 121 Å². The van der Waals surface area contributed by atoms with E-state index >= 15 is 0 Å². The van der Waals surface area contributed by atoms with Crippen LogP contribution in [0.2, 0.25) is 40.2 Å². The second-order valence-corrected chi connectivity index (χ2v) is 29.0. The molecule has 25 heteroatoms. The topological polar surface area (TPSA) is 185 Å². The molecule has 0 saturated heterocycles. The first-order valence-corrected chi connectivity index (χ1v) is 35.3. The molecule has 0 aromatic heterocycles. The molecule has 98 heavy (non-hydrogen) atoms. The maximum atomic E-state index is 14.8. The maximum Gasteiger partial charge on any atom is 0.410 e. The Morgan fingerprint density at radius 3 is 1.20 bits per heavy atom. The lowest BCUT2D eigenvalue weighted by Crippen LogP contribution is -2.52. The minimum absolute atomic E-state index is 0.0260. The van der Waals surface area contributed by atoms with Crippen molar-refractivity contribution in [2.75, 3.05) is 46.1 Å². The SMILES string of the molecule is CC(C)(C)OC(=O)N1CCC(c2ccc(OCCOc3c(Cl)cccc3Cl)cc2)=C(C(=O)N(Cc2cccc(Cl)c2Cl)C2CC2)[C@H]1CN=[N+]=[N-].CC[C@@H]1C(C(=O)N(Cc2cccc(Cl)c2Cl)C2CC2)=C(c2ccc(OCCOc3c(Cl)cccc3Cl)cc2)CCN1C(=O)OC(C)(C)C. The summed E-state index contributed by atoms with van der Waals surface area (Å²) in [6, 6.07) is 34.8. The van der Waals surface area contributed by atoms with Crippen LogP contribution in [-0.2, 0) is 32.2 Å². The van der Waals surface area contributed by atoms with E-state index in [9.17, 15) is 24.7 Å². The van der Waals surface area contributed by atoms with Gasteiger partial charge in [-0.2, -0.15) is 0 Å². The van der Waals surface area contributed by atoms with Gasteiger partial charge in [-0.1, -0.05) is 166 Å². The molecule has 10 rings (SSSR count). The Bertz CT molecular complexity index is 3940. The van der Waals surface area contributed by atoms with Gasteiger partial charge >= 0.3 is 12.2 Å². The molecule has 0 bridgehead atoms. The van der Waals surface area contributed by atoms with Crippen molar-refractivity contribution < 1.29 is 47.6 Å². The molecule has 0 unspecified atom stereocenters. The van der Waals surface area contributed by atoms with E-state index in [1.807, 2.05) is 87.2 Å². The second-order valence-electron chi connectivity index (χ2n) is 25.8. The van der Waals surface area contributed by atoms with Gasteiger partial charge in [0.05, 0.1) is 58.8 Å². The molecule has 0 N–H and O–H groups in total. The van der Waals surface area contributed by atoms with E-state index in [-0.39, 0.29) is 70.0 Å². The summed E-state index contributed by atoms with van der Waals surface area (Å²) in [5.74, 6) is 1.66. The highest BCUT2D eigenvalue weighted by Crippen LogP contribution is 2.43. The summed E-state index contributed by atoms with van der Waals surface area (Å²) in [5, 5.41) is 7.18. The first-order valence-electron chi connectivity index (χ1n) is 32.3. The largest absolute Gasteiger partial charge is 0.490 e. The maximum absolute atomic E-state index is 14.8. The average Bonchev–Trinajstić information content (AvgIpc) is 0.865. The zero-order chi connectivity index (χ0) is 70.6. The number of benzene rings is 6. The normalized spacial score (nSPS) is 16.3. The van der Waals surface area contributed by atoms with E-state index in [1.165, 1.54) is 4.90 Å². The number of amides is 4. The summed E-state index contributed by atoms with van der Waals surface area (Å²) in [6.45, 7) is 14.8. The molecule has 2 fully saturated rings. The van der Waals surface area contributed by atoms with E-state index in [0.29, 0.717) is 112 Å². The molecule has 4 amide bonds. The number of nitrogens with zero attached hydrogens (tertiary/aromatic N) is 7. The summed E-state index contributed by atoms with van der Waals surface area (Å²) in [5.41, 5.74) is 13.6. The van der Waals surface area contributed by atoms with Crippen LogP contribution in [-0.4, -0.2) is 125 Å². The van der Waals surface area contributed by atoms with E-state index < -0.39 is 35.5 Å². The molecule has 2 aliphatic heterocycles. The summed E-state index contributed by atoms with van der Waals surface area (Å²) < 4.78 is 34.8. The van der Waals surface area contributed by atoms with Gasteiger partial charge in [0.25, 0.3) is 11.8 Å². The third-order valence-electron chi connectivity index (χ3n) is 16.4. The highest BCUT2D eigenvalue weighted by molar-refractivity contribution is 6.43. The molecular formula is C73H77Cl8N7O10. The molecular weight excluding hydrogens is 1420 g/mol. The quantitative estimate of drug-likeness (QED) is 0.0259. The van der Waals surface area contributed by atoms with Crippen LogP contribution in [0.3, 0.4) is 0 Å². The molecule has 6 aromatic carbocycles. The van der Waals surface area contributed by atoms with Gasteiger partial charge in [-0.05, 0) is 186 Å². The summed E-state index contributed by atoms with van der Waals surface area (Å²) >= 11 is 50.6. The number of ether oxygens (including phenoxy) is 6. The van der Waals surface area contributed by atoms with Crippen molar-refractivity contribution in [1.29, 1.82) is 0 Å². The van der Waals surface area contributed by atoms with Crippen molar-refractivity contribution in [3.63, 3.8) is 0 Å². The van der Waals surface area contributed by atoms with Crippen LogP contribution in [0.5, 0.6) is 23.0 Å². The highest BCUT2D eigenvalue weighted by Gasteiger charge is 2.45. The summed E-state index contributed by atoms with van der Waals surface area (Å²) in [6.07, 6.45) is 3.80. The van der Waals surface area contributed by atoms with Crippen LogP contribution in [0, 0.1) is 0 Å². The third-order valence-corrected chi connectivity index (χ3v) is 19.3. The summed E-state index contributed by atoms with van der Waals surface area (Å²) in [4.78, 5) is 66.4. The number of azide groups is 1. The van der Waals surface area contributed by atoms with Gasteiger partial charge in [0.2, 0.25) is 0 Å². The van der Waals surface area contributed by atoms with Gasteiger partial charge in [0.1, 0.15) is 49.1 Å². The fourth-order valence-corrected chi connectivity index (χ4v) is 13.4. The lowest BCUT2D eigenvalue weighted by molar-refractivity contribution is -0.130. The lowest BCUT2D eigenvalue weighted by Gasteiger charge is -2.40. The van der Waals surface area contributed by atoms with E-state index in [0.717, 1.165) is 53.5 Å². The van der Waals surface area contributed by atoms with Crippen LogP contribution >= 0.6 is 92.8 Å². The van der Waals surface area contributed by atoms with Crippen LogP contribution in [0.25, 0.3) is 21.6 Å². The van der Waals surface area contributed by atoms with Crippen molar-refractivity contribution in [3.8, 4) is 23.0 Å². The van der Waals surface area contributed by atoms with Gasteiger partial charge in [-0.3, -0.25) is 9.59 Å². The number of carbonyl (C=O) groups excluding carboxylic acids is 4. The van der Waals surface area contributed by atoms with Crippen LogP contribution in [0.15, 0.2) is 138 Å². The first-order chi connectivity index (χ1) is 46.7. The monoisotopic (exact) mass is 1490 g/mol. The minimum Gasteiger partial charge on any atom is -0.490 e. The summed E-state index contributed by atoms with van der Waals surface area (Å²) in [7, 11) is 0. The Labute approximate surface area is 612 Å². The fraction of sp³-hybridized carbons (Fsp3) is 0.397. The molecule has 6 aromatic rings. The zero-order valence-corrected chi connectivity index (χ0v) is 61.5. The van der Waals surface area contributed by atoms with Gasteiger partial charge in [0.15, 0.2) is 11.5 Å². The molecule has 0 spiro atoms. The molecule has 520 valence electrons. The van der Waals surface area contributed by atoms with Crippen molar-refractivity contribution in [2.24, 2.45) is 5.11 Å². The van der Waals surface area contributed by atoms with Gasteiger partial charge in [0, 0.05) is 54.3 Å². The smallest absolute Gasteiger partial charge is 0.410 e. The number of rotatable bonds is 23. The first kappa shape index (κ1) is 75.3. The Morgan fingerprint density at radius 2 is 0.847 bits per heavy atom. The molecule has 2 aliphatic carbocycles. The standard InChI is InChI=1S/C37H40Cl4N2O5.C36H37Cl4N5O5/c1-5-31-32(35(44)43(25-14-15-25)22-24-8-6-9-28(38)33(24)41)27(18-19-42(31)36(45)48-37(2,3)4)23-12-16-26(17-13-23)46-20-21-47-34-29(39)10-7-11-30(34)40;1-36(2,3)50-35(47)44-17-16-26(22-10-14-25(15-11-22)48-18-19-49-33-28(38)8-5-9-29(33)39)31(30(44)20-42-43-41)34(46)45(24-12-13-24)21-23-6-4-7-27(37)32(23)40/h6-13,16-17,25,31H,5,14-15,18-22H2,1-4H3;4-11,14-15,24,30H,12-13,16-21H2,1-3H3/t31-;30-/m11/s1. The number of hydrogen-bond donors (Lipinski definition) is 0. The van der Waals surface area contributed by atoms with Crippen LogP contribution in [0.4, 0.5) is 9.59 Å². The van der Waals surface area contributed by atoms with Crippen LogP contribution in [0.1, 0.15) is 116 Å². The van der Waals surface area contributed by atoms with Gasteiger partial charge < -0.3 is 48.0 Å². The molecule has 17 nitrogen and oxygen atoms in total. The van der Waals surface area contributed by atoms with Crippen molar-refractivity contribution >= 4 is 128 Å². The minimum atomic E-state index is -0.877. The molecule has 2 saturated carbocycles. The second kappa shape index (κ2) is 34.0. The molecule has 4 aliphatic rings. The van der Waals surface area contributed by atoms with Crippen LogP contribution < -0.4 is 18.9 Å². The number of carbonyl (C=O) groups is 4. The zero-order valence-electron chi connectivity index (χ0n) is 55.4. The van der Waals surface area contributed by atoms with E-state index in [1.54, 1.807) is 97.3 Å².